The normalized spacial score (nSPS) is 17.7. The number of methoxy groups -OCH3 is 2. The zero-order valence-corrected chi connectivity index (χ0v) is 34.4. The molecule has 0 aliphatic carbocycles. The second-order valence-electron chi connectivity index (χ2n) is 14.1. The van der Waals surface area contributed by atoms with Crippen molar-refractivity contribution in [1.82, 2.24) is 24.2 Å². The summed E-state index contributed by atoms with van der Waals surface area (Å²) in [6, 6.07) is 26.2. The van der Waals surface area contributed by atoms with Gasteiger partial charge in [-0.2, -0.15) is 4.98 Å². The van der Waals surface area contributed by atoms with Gasteiger partial charge in [0.25, 0.3) is 14.1 Å². The zero-order valence-electron chi connectivity index (χ0n) is 33.5. The Hall–Kier alpha value is -4.88. The van der Waals surface area contributed by atoms with Gasteiger partial charge in [-0.3, -0.25) is 14.3 Å². The average molecular weight is 797 g/mol. The van der Waals surface area contributed by atoms with Crippen LogP contribution in [0.15, 0.2) is 115 Å². The zero-order chi connectivity index (χ0) is 40.5. The summed E-state index contributed by atoms with van der Waals surface area (Å²) in [5, 5.41) is 3.07. The lowest BCUT2D eigenvalue weighted by molar-refractivity contribution is -0.0911. The maximum Gasteiger partial charge on any atom is 0.280 e. The summed E-state index contributed by atoms with van der Waals surface area (Å²) >= 11 is 0. The predicted octanol–water partition coefficient (Wildman–Crippen LogP) is 7.96. The molecule has 0 amide bonds. The van der Waals surface area contributed by atoms with Crippen molar-refractivity contribution in [3.05, 3.63) is 138 Å². The number of hydrogen-bond acceptors (Lipinski definition) is 11. The van der Waals surface area contributed by atoms with Gasteiger partial charge in [-0.05, 0) is 68.7 Å². The molecule has 0 radical (unpaired) electrons. The Morgan fingerprint density at radius 1 is 0.947 bits per heavy atom. The number of nitrogens with zero attached hydrogens (tertiary/aromatic N) is 4. The third-order valence-corrected chi connectivity index (χ3v) is 11.9. The van der Waals surface area contributed by atoms with Crippen molar-refractivity contribution in [1.29, 1.82) is 0 Å². The lowest BCUT2D eigenvalue weighted by Crippen LogP contribution is -2.39. The molecular weight excluding hydrogens is 743 g/mol. The average Bonchev–Trinajstić information content (AvgIpc) is 3.84. The highest BCUT2D eigenvalue weighted by Crippen LogP contribution is 2.51. The Kier molecular flexibility index (Phi) is 13.9. The molecule has 1 unspecified atom stereocenters. The molecule has 6 rings (SSSR count). The highest BCUT2D eigenvalue weighted by atomic mass is 31.2. The summed E-state index contributed by atoms with van der Waals surface area (Å²) in [5.74, 6) is 1.75. The number of benzene rings is 3. The van der Waals surface area contributed by atoms with Crippen molar-refractivity contribution in [2.75, 3.05) is 39.3 Å². The number of imidazole rings is 1. The molecule has 1 saturated heterocycles. The van der Waals surface area contributed by atoms with Crippen LogP contribution in [0.5, 0.6) is 11.5 Å². The Morgan fingerprint density at radius 2 is 1.56 bits per heavy atom. The van der Waals surface area contributed by atoms with Crippen LogP contribution in [0.1, 0.15) is 57.0 Å². The first kappa shape index (κ1) is 41.7. The molecule has 57 heavy (non-hydrogen) atoms. The third kappa shape index (κ3) is 9.15. The minimum atomic E-state index is -1.57. The van der Waals surface area contributed by atoms with Crippen LogP contribution in [-0.2, 0) is 24.1 Å². The van der Waals surface area contributed by atoms with Crippen molar-refractivity contribution >= 4 is 25.6 Å². The van der Waals surface area contributed by atoms with E-state index in [1.807, 2.05) is 66.7 Å². The van der Waals surface area contributed by atoms with E-state index in [9.17, 15) is 4.79 Å². The van der Waals surface area contributed by atoms with E-state index >= 15 is 0 Å². The van der Waals surface area contributed by atoms with Gasteiger partial charge in [0.15, 0.2) is 11.2 Å². The highest BCUT2D eigenvalue weighted by molar-refractivity contribution is 7.44. The maximum absolute atomic E-state index is 13.1. The van der Waals surface area contributed by atoms with E-state index in [0.717, 1.165) is 28.2 Å². The molecule has 3 aromatic carbocycles. The molecule has 13 nitrogen and oxygen atoms in total. The van der Waals surface area contributed by atoms with Gasteiger partial charge < -0.3 is 33.3 Å². The topological polar surface area (TPSA) is 134 Å². The predicted molar refractivity (Wildman–Crippen MR) is 224 cm³/mol. The molecule has 1 fully saturated rings. The molecule has 14 heteroatoms. The van der Waals surface area contributed by atoms with Crippen molar-refractivity contribution in [2.24, 2.45) is 0 Å². The lowest BCUT2D eigenvalue weighted by atomic mass is 9.80. The quantitative estimate of drug-likeness (QED) is 0.0452. The molecule has 5 aromatic rings. The molecule has 1 aliphatic heterocycles. The Balaban J connectivity index is 1.44. The van der Waals surface area contributed by atoms with Crippen LogP contribution in [0.25, 0.3) is 11.2 Å². The van der Waals surface area contributed by atoms with E-state index in [4.69, 9.17) is 33.0 Å². The molecule has 2 aromatic heterocycles. The monoisotopic (exact) mass is 796 g/mol. The van der Waals surface area contributed by atoms with Crippen LogP contribution < -0.4 is 20.3 Å². The minimum absolute atomic E-state index is 0.106. The van der Waals surface area contributed by atoms with Crippen LogP contribution in [0.4, 0.5) is 5.95 Å². The van der Waals surface area contributed by atoms with Gasteiger partial charge in [0.05, 0.1) is 39.9 Å². The number of nitrogens with one attached hydrogen (secondary N) is 2. The van der Waals surface area contributed by atoms with Crippen LogP contribution >= 0.6 is 8.53 Å². The highest BCUT2D eigenvalue weighted by Gasteiger charge is 2.45. The number of aromatic nitrogens is 4. The number of rotatable bonds is 20. The number of anilines is 1. The summed E-state index contributed by atoms with van der Waals surface area (Å²) in [7, 11) is 1.72. The van der Waals surface area contributed by atoms with Gasteiger partial charge in [0.1, 0.15) is 29.4 Å². The van der Waals surface area contributed by atoms with E-state index in [0.29, 0.717) is 31.2 Å². The second-order valence-corrected chi connectivity index (χ2v) is 15.5. The van der Waals surface area contributed by atoms with Gasteiger partial charge >= 0.3 is 0 Å². The first-order chi connectivity index (χ1) is 27.6. The summed E-state index contributed by atoms with van der Waals surface area (Å²) < 4.78 is 42.8. The summed E-state index contributed by atoms with van der Waals surface area (Å²) in [6.07, 6.45) is 3.67. The largest absolute Gasteiger partial charge is 0.497 e. The third-order valence-electron chi connectivity index (χ3n) is 9.75. The van der Waals surface area contributed by atoms with E-state index < -0.39 is 32.6 Å². The van der Waals surface area contributed by atoms with Gasteiger partial charge in [0.2, 0.25) is 5.95 Å². The van der Waals surface area contributed by atoms with Gasteiger partial charge in [0, 0.05) is 25.0 Å². The first-order valence-corrected chi connectivity index (χ1v) is 20.2. The SMILES string of the molecule is C=CCNc1nc2c(ncn2[C@H]2C[C@H](OP(OCC=C)N(C(C)C)C(C)C)[C@@H](COC(c3ccccc3)(c3ccc(OC)cc3)c3ccc(OC)cc3)O2)c(=O)[nH]1. The smallest absolute Gasteiger partial charge is 0.280 e. The van der Waals surface area contributed by atoms with Crippen molar-refractivity contribution in [3.63, 3.8) is 0 Å². The molecule has 302 valence electrons. The van der Waals surface area contributed by atoms with E-state index in [-0.39, 0.29) is 29.8 Å². The van der Waals surface area contributed by atoms with Crippen molar-refractivity contribution in [2.45, 2.75) is 70.2 Å². The molecule has 0 spiro atoms. The van der Waals surface area contributed by atoms with E-state index in [1.54, 1.807) is 37.3 Å². The van der Waals surface area contributed by atoms with Crippen molar-refractivity contribution < 1.29 is 28.0 Å². The maximum atomic E-state index is 13.1. The fraction of sp³-hybridized carbons (Fsp3) is 0.372. The number of ether oxygens (including phenoxy) is 4. The van der Waals surface area contributed by atoms with Gasteiger partial charge in [-0.15, -0.1) is 13.2 Å². The number of aromatic amines is 1. The van der Waals surface area contributed by atoms with Gasteiger partial charge in [-0.1, -0.05) is 66.7 Å². The van der Waals surface area contributed by atoms with Crippen LogP contribution in [-0.4, -0.2) is 82.5 Å². The Morgan fingerprint density at radius 3 is 2.12 bits per heavy atom. The molecule has 1 aliphatic rings. The Bertz CT molecular complexity index is 2070. The fourth-order valence-electron chi connectivity index (χ4n) is 7.16. The molecule has 0 bridgehead atoms. The van der Waals surface area contributed by atoms with E-state index in [2.05, 4.69) is 72.9 Å². The minimum Gasteiger partial charge on any atom is -0.497 e. The number of fused-ring (bicyclic) bond motifs is 1. The molecule has 4 atom stereocenters. The molecular formula is C43H53N6O7P. The molecule has 2 N–H and O–H groups in total. The summed E-state index contributed by atoms with van der Waals surface area (Å²) in [5.41, 5.74) is 1.80. The van der Waals surface area contributed by atoms with Crippen LogP contribution in [0.2, 0.25) is 0 Å². The molecule has 3 heterocycles. The fourth-order valence-corrected chi connectivity index (χ4v) is 8.90. The summed E-state index contributed by atoms with van der Waals surface area (Å²) in [4.78, 5) is 25.0. The summed E-state index contributed by atoms with van der Waals surface area (Å²) in [6.45, 7) is 17.0. The second kappa shape index (κ2) is 19.0. The van der Waals surface area contributed by atoms with E-state index in [1.165, 1.54) is 0 Å². The Labute approximate surface area is 335 Å². The number of H-pyrrole nitrogens is 1. The number of hydrogen-bond donors (Lipinski definition) is 2. The lowest BCUT2D eigenvalue weighted by Gasteiger charge is -2.39. The van der Waals surface area contributed by atoms with Crippen molar-refractivity contribution in [3.8, 4) is 11.5 Å². The molecule has 0 saturated carbocycles. The standard InChI is InChI=1S/C43H53N6O7P/c1-9-24-44-42-46-40-39(41(50)47-42)45-28-48(40)38-26-36(56-57(54-25-10-2)49(29(3)4)30(5)6)37(55-38)27-53-43(31-14-12-11-13-15-31,32-16-20-34(51-7)21-17-32)33-18-22-35(52-8)23-19-33/h9-23,28-30,36-38H,1-2,24-27H2,3-8H3,(H2,44,46,47,50)/t36-,37+,38+,57?/m0/s1. The van der Waals surface area contributed by atoms with Crippen LogP contribution in [0, 0.1) is 0 Å². The van der Waals surface area contributed by atoms with Gasteiger partial charge in [-0.25, -0.2) is 9.65 Å². The van der Waals surface area contributed by atoms with Crippen LogP contribution in [0.3, 0.4) is 0 Å². The first-order valence-electron chi connectivity index (χ1n) is 19.1.